The molecule has 1 saturated carbocycles. The number of nitrogens with one attached hydrogen (secondary N) is 2. The zero-order chi connectivity index (χ0) is 19.0. The maximum atomic E-state index is 12.1. The number of ether oxygens (including phenoxy) is 1. The highest BCUT2D eigenvalue weighted by Gasteiger charge is 2.25. The summed E-state index contributed by atoms with van der Waals surface area (Å²) in [7, 11) is 3.58. The molecular formula is C18H36N4O2S. The molecule has 0 saturated heterocycles. The van der Waals surface area contributed by atoms with Crippen LogP contribution in [0.1, 0.15) is 53.4 Å². The molecule has 0 aromatic heterocycles. The standard InChI is InChI=1S/C18H36N4O2S/c1-13(22(6)17(23)24-18(2,3)4)10-11-20-16(19-5)21-14-8-9-15(12-14)25-7/h13-15H,8-12H2,1-7H3,(H2,19,20,21). The Bertz CT molecular complexity index is 451. The Morgan fingerprint density at radius 2 is 2.08 bits per heavy atom. The molecule has 0 aliphatic heterocycles. The van der Waals surface area contributed by atoms with Crippen LogP contribution in [0.25, 0.3) is 0 Å². The smallest absolute Gasteiger partial charge is 0.410 e. The molecule has 1 aliphatic rings. The first kappa shape index (κ1) is 21.9. The van der Waals surface area contributed by atoms with Crippen LogP contribution in [0.3, 0.4) is 0 Å². The van der Waals surface area contributed by atoms with Crippen LogP contribution in [0, 0.1) is 0 Å². The number of carbonyl (C=O) groups excluding carboxylic acids is 1. The zero-order valence-corrected chi connectivity index (χ0v) is 17.7. The fraction of sp³-hybridized carbons (Fsp3) is 0.889. The van der Waals surface area contributed by atoms with E-state index in [-0.39, 0.29) is 12.1 Å². The molecule has 25 heavy (non-hydrogen) atoms. The SMILES string of the molecule is CN=C(NCCC(C)N(C)C(=O)OC(C)(C)C)NC1CCC(SC)C1. The number of thioether (sulfide) groups is 1. The first-order valence-electron chi connectivity index (χ1n) is 9.12. The van der Waals surface area contributed by atoms with Crippen LogP contribution in [0.2, 0.25) is 0 Å². The lowest BCUT2D eigenvalue weighted by Gasteiger charge is -2.29. The molecule has 1 aliphatic carbocycles. The Morgan fingerprint density at radius 1 is 1.40 bits per heavy atom. The lowest BCUT2D eigenvalue weighted by atomic mass is 10.2. The molecule has 3 atom stereocenters. The molecule has 0 aromatic rings. The van der Waals surface area contributed by atoms with E-state index in [1.165, 1.54) is 19.3 Å². The number of hydrogen-bond acceptors (Lipinski definition) is 4. The molecule has 0 radical (unpaired) electrons. The number of hydrogen-bond donors (Lipinski definition) is 2. The number of carbonyl (C=O) groups is 1. The first-order valence-corrected chi connectivity index (χ1v) is 10.4. The Kier molecular flexibility index (Phi) is 8.89. The first-order chi connectivity index (χ1) is 11.7. The molecule has 1 fully saturated rings. The lowest BCUT2D eigenvalue weighted by molar-refractivity contribution is 0.0230. The summed E-state index contributed by atoms with van der Waals surface area (Å²) in [5.74, 6) is 0.846. The van der Waals surface area contributed by atoms with Gasteiger partial charge in [0.05, 0.1) is 0 Å². The fourth-order valence-electron chi connectivity index (χ4n) is 2.78. The second-order valence-corrected chi connectivity index (χ2v) is 8.88. The van der Waals surface area contributed by atoms with Crippen LogP contribution >= 0.6 is 11.8 Å². The van der Waals surface area contributed by atoms with Crippen molar-refractivity contribution < 1.29 is 9.53 Å². The highest BCUT2D eigenvalue weighted by Crippen LogP contribution is 2.27. The number of nitrogens with zero attached hydrogens (tertiary/aromatic N) is 2. The van der Waals surface area contributed by atoms with E-state index in [0.29, 0.717) is 6.04 Å². The van der Waals surface area contributed by atoms with Gasteiger partial charge < -0.3 is 20.3 Å². The van der Waals surface area contributed by atoms with Crippen molar-refractivity contribution in [2.24, 2.45) is 4.99 Å². The molecular weight excluding hydrogens is 336 g/mol. The predicted octanol–water partition coefficient (Wildman–Crippen LogP) is 3.08. The average Bonchev–Trinajstić information content (AvgIpc) is 2.98. The molecule has 6 nitrogen and oxygen atoms in total. The normalized spacial score (nSPS) is 22.4. The molecule has 146 valence electrons. The summed E-state index contributed by atoms with van der Waals surface area (Å²) in [4.78, 5) is 18.1. The summed E-state index contributed by atoms with van der Waals surface area (Å²) >= 11 is 1.95. The zero-order valence-electron chi connectivity index (χ0n) is 16.9. The number of aliphatic imine (C=N–C) groups is 1. The van der Waals surface area contributed by atoms with Crippen LogP contribution in [-0.2, 0) is 4.74 Å². The van der Waals surface area contributed by atoms with E-state index in [9.17, 15) is 4.79 Å². The minimum atomic E-state index is -0.467. The van der Waals surface area contributed by atoms with Crippen molar-refractivity contribution in [2.75, 3.05) is 26.9 Å². The van der Waals surface area contributed by atoms with Crippen LogP contribution in [0.5, 0.6) is 0 Å². The van der Waals surface area contributed by atoms with Gasteiger partial charge in [-0.05, 0) is 59.6 Å². The third-order valence-corrected chi connectivity index (χ3v) is 5.57. The van der Waals surface area contributed by atoms with Gasteiger partial charge in [-0.3, -0.25) is 4.99 Å². The Labute approximate surface area is 157 Å². The lowest BCUT2D eigenvalue weighted by Crippen LogP contribution is -2.45. The molecule has 2 N–H and O–H groups in total. The van der Waals surface area contributed by atoms with Gasteiger partial charge in [-0.15, -0.1) is 0 Å². The van der Waals surface area contributed by atoms with Crippen molar-refractivity contribution in [3.63, 3.8) is 0 Å². The van der Waals surface area contributed by atoms with Crippen LogP contribution < -0.4 is 10.6 Å². The van der Waals surface area contributed by atoms with Crippen molar-refractivity contribution >= 4 is 23.8 Å². The van der Waals surface area contributed by atoms with Gasteiger partial charge in [0.15, 0.2) is 5.96 Å². The maximum Gasteiger partial charge on any atom is 0.410 e. The minimum absolute atomic E-state index is 0.0906. The van der Waals surface area contributed by atoms with E-state index in [0.717, 1.165) is 24.2 Å². The van der Waals surface area contributed by atoms with E-state index in [4.69, 9.17) is 4.74 Å². The minimum Gasteiger partial charge on any atom is -0.444 e. The summed E-state index contributed by atoms with van der Waals surface area (Å²) in [6.07, 6.45) is 6.39. The van der Waals surface area contributed by atoms with Gasteiger partial charge in [-0.2, -0.15) is 11.8 Å². The maximum absolute atomic E-state index is 12.1. The third kappa shape index (κ3) is 8.21. The molecule has 0 bridgehead atoms. The highest BCUT2D eigenvalue weighted by atomic mass is 32.2. The van der Waals surface area contributed by atoms with Gasteiger partial charge in [0.25, 0.3) is 0 Å². The van der Waals surface area contributed by atoms with E-state index < -0.39 is 5.60 Å². The number of rotatable bonds is 6. The summed E-state index contributed by atoms with van der Waals surface area (Å²) in [6, 6.07) is 0.596. The molecule has 1 amide bonds. The van der Waals surface area contributed by atoms with Gasteiger partial charge in [-0.1, -0.05) is 0 Å². The monoisotopic (exact) mass is 372 g/mol. The van der Waals surface area contributed by atoms with Crippen molar-refractivity contribution in [1.82, 2.24) is 15.5 Å². The quantitative estimate of drug-likeness (QED) is 0.554. The summed E-state index contributed by atoms with van der Waals surface area (Å²) < 4.78 is 5.41. The van der Waals surface area contributed by atoms with E-state index in [1.807, 2.05) is 39.5 Å². The second-order valence-electron chi connectivity index (χ2n) is 7.74. The molecule has 1 rings (SSSR count). The van der Waals surface area contributed by atoms with Crippen LogP contribution in [-0.4, -0.2) is 66.8 Å². The molecule has 0 spiro atoms. The van der Waals surface area contributed by atoms with E-state index >= 15 is 0 Å². The van der Waals surface area contributed by atoms with E-state index in [1.54, 1.807) is 19.0 Å². The van der Waals surface area contributed by atoms with Crippen molar-refractivity contribution in [2.45, 2.75) is 76.3 Å². The predicted molar refractivity (Wildman–Crippen MR) is 108 cm³/mol. The molecule has 3 unspecified atom stereocenters. The Hall–Kier alpha value is -1.11. The van der Waals surface area contributed by atoms with Gasteiger partial charge in [0.2, 0.25) is 0 Å². The number of guanidine groups is 1. The van der Waals surface area contributed by atoms with Gasteiger partial charge in [-0.25, -0.2) is 4.79 Å². The molecule has 0 heterocycles. The Balaban J connectivity index is 2.33. The van der Waals surface area contributed by atoms with E-state index in [2.05, 4.69) is 21.9 Å². The summed E-state index contributed by atoms with van der Waals surface area (Å²) in [5, 5.41) is 7.62. The topological polar surface area (TPSA) is 66.0 Å². The highest BCUT2D eigenvalue weighted by molar-refractivity contribution is 7.99. The Morgan fingerprint density at radius 3 is 2.60 bits per heavy atom. The molecule has 0 aromatic carbocycles. The molecule has 7 heteroatoms. The summed E-state index contributed by atoms with van der Waals surface area (Å²) in [6.45, 7) is 8.43. The van der Waals surface area contributed by atoms with Gasteiger partial charge in [0.1, 0.15) is 5.60 Å². The average molecular weight is 373 g/mol. The van der Waals surface area contributed by atoms with Crippen LogP contribution in [0.15, 0.2) is 4.99 Å². The van der Waals surface area contributed by atoms with Gasteiger partial charge >= 0.3 is 6.09 Å². The largest absolute Gasteiger partial charge is 0.444 e. The second kappa shape index (κ2) is 10.1. The van der Waals surface area contributed by atoms with Crippen molar-refractivity contribution in [3.05, 3.63) is 0 Å². The summed E-state index contributed by atoms with van der Waals surface area (Å²) in [5.41, 5.74) is -0.467. The van der Waals surface area contributed by atoms with Crippen LogP contribution in [0.4, 0.5) is 4.79 Å². The van der Waals surface area contributed by atoms with Gasteiger partial charge in [0, 0.05) is 38.0 Å². The third-order valence-electron chi connectivity index (χ3n) is 4.48. The van der Waals surface area contributed by atoms with Crippen molar-refractivity contribution in [1.29, 1.82) is 0 Å². The number of amides is 1. The van der Waals surface area contributed by atoms with Crippen molar-refractivity contribution in [3.8, 4) is 0 Å². The fourth-order valence-corrected chi connectivity index (χ4v) is 3.58.